The Labute approximate surface area is 77.1 Å². The highest BCUT2D eigenvalue weighted by atomic mass is 16.1. The van der Waals surface area contributed by atoms with Gasteiger partial charge in [0, 0.05) is 0 Å². The predicted octanol–water partition coefficient (Wildman–Crippen LogP) is 0.381. The number of carbonyl (C=O) groups excluding carboxylic acids is 1. The van der Waals surface area contributed by atoms with Crippen LogP contribution in [0.4, 0.5) is 0 Å². The summed E-state index contributed by atoms with van der Waals surface area (Å²) in [7, 11) is 0. The Morgan fingerprint density at radius 2 is 1.69 bits per heavy atom. The molecule has 0 saturated carbocycles. The molecule has 0 rings (SSSR count). The van der Waals surface area contributed by atoms with Gasteiger partial charge in [-0.15, -0.1) is 0 Å². The number of carbonyl (C=O) groups is 1. The average molecular weight is 182 g/mol. The van der Waals surface area contributed by atoms with E-state index in [9.17, 15) is 4.79 Å². The van der Waals surface area contributed by atoms with Gasteiger partial charge in [0.2, 0.25) is 5.91 Å². The van der Waals surface area contributed by atoms with Crippen LogP contribution in [-0.2, 0) is 4.79 Å². The molecule has 1 unspecified atom stereocenters. The molecule has 0 aromatic heterocycles. The fraction of sp³-hybridized carbons (Fsp3) is 0.500. The van der Waals surface area contributed by atoms with Gasteiger partial charge in [-0.3, -0.25) is 9.79 Å². The van der Waals surface area contributed by atoms with Crippen LogP contribution in [0.15, 0.2) is 4.99 Å². The van der Waals surface area contributed by atoms with Gasteiger partial charge in [0.15, 0.2) is 0 Å². The predicted molar refractivity (Wildman–Crippen MR) is 52.9 cm³/mol. The highest BCUT2D eigenvalue weighted by Gasteiger charge is 2.11. The summed E-state index contributed by atoms with van der Waals surface area (Å²) in [6.07, 6.45) is 0. The van der Waals surface area contributed by atoms with Crippen LogP contribution in [0.2, 0.25) is 0 Å². The molecule has 5 nitrogen and oxygen atoms in total. The van der Waals surface area contributed by atoms with E-state index in [1.807, 2.05) is 0 Å². The smallest absolute Gasteiger partial charge is 0.241 e. The Kier molecular flexibility index (Phi) is 3.97. The number of hydrogen-bond acceptors (Lipinski definition) is 4. The third-order valence-corrected chi connectivity index (χ3v) is 1.44. The SMILES string of the molecule is CC(=N)C(=NC(C)C(N)=O)C(C)=N. The molecular formula is C8H14N4O. The van der Waals surface area contributed by atoms with Crippen LogP contribution in [0.25, 0.3) is 0 Å². The summed E-state index contributed by atoms with van der Waals surface area (Å²) < 4.78 is 0. The second kappa shape index (κ2) is 4.49. The first-order chi connectivity index (χ1) is 5.86. The van der Waals surface area contributed by atoms with Crippen molar-refractivity contribution in [2.75, 3.05) is 0 Å². The number of primary amides is 1. The molecule has 1 amide bonds. The van der Waals surface area contributed by atoms with Crippen molar-refractivity contribution in [3.05, 3.63) is 0 Å². The minimum absolute atomic E-state index is 0.167. The lowest BCUT2D eigenvalue weighted by Gasteiger charge is -2.05. The number of rotatable bonds is 4. The lowest BCUT2D eigenvalue weighted by molar-refractivity contribution is -0.118. The molecular weight excluding hydrogens is 168 g/mol. The molecule has 0 radical (unpaired) electrons. The molecule has 0 aliphatic heterocycles. The Morgan fingerprint density at radius 3 is 1.92 bits per heavy atom. The van der Waals surface area contributed by atoms with E-state index in [1.165, 1.54) is 20.8 Å². The van der Waals surface area contributed by atoms with Gasteiger partial charge in [-0.25, -0.2) is 0 Å². The molecule has 72 valence electrons. The van der Waals surface area contributed by atoms with Crippen LogP contribution in [0, 0.1) is 10.8 Å². The first-order valence-electron chi connectivity index (χ1n) is 3.84. The monoisotopic (exact) mass is 182 g/mol. The van der Waals surface area contributed by atoms with Crippen molar-refractivity contribution in [2.24, 2.45) is 10.7 Å². The van der Waals surface area contributed by atoms with Crippen LogP contribution < -0.4 is 5.73 Å². The molecule has 4 N–H and O–H groups in total. The molecule has 0 saturated heterocycles. The minimum Gasteiger partial charge on any atom is -0.368 e. The van der Waals surface area contributed by atoms with Gasteiger partial charge < -0.3 is 16.6 Å². The van der Waals surface area contributed by atoms with Crippen molar-refractivity contribution in [3.63, 3.8) is 0 Å². The number of nitrogens with two attached hydrogens (primary N) is 1. The van der Waals surface area contributed by atoms with E-state index in [4.69, 9.17) is 16.6 Å². The van der Waals surface area contributed by atoms with Gasteiger partial charge in [-0.05, 0) is 20.8 Å². The van der Waals surface area contributed by atoms with Crippen LogP contribution in [-0.4, -0.2) is 29.1 Å². The number of amides is 1. The van der Waals surface area contributed by atoms with Crippen molar-refractivity contribution >= 4 is 23.0 Å². The first kappa shape index (κ1) is 11.5. The van der Waals surface area contributed by atoms with E-state index in [0.717, 1.165) is 0 Å². The first-order valence-corrected chi connectivity index (χ1v) is 3.84. The molecule has 0 bridgehead atoms. The van der Waals surface area contributed by atoms with Gasteiger partial charge in [-0.1, -0.05) is 0 Å². The van der Waals surface area contributed by atoms with Crippen LogP contribution in [0.1, 0.15) is 20.8 Å². The summed E-state index contributed by atoms with van der Waals surface area (Å²) in [5, 5.41) is 14.6. The van der Waals surface area contributed by atoms with Crippen molar-refractivity contribution in [1.29, 1.82) is 10.8 Å². The van der Waals surface area contributed by atoms with E-state index in [-0.39, 0.29) is 17.1 Å². The Hall–Kier alpha value is -1.52. The van der Waals surface area contributed by atoms with Gasteiger partial charge in [0.1, 0.15) is 6.04 Å². The number of nitrogens with one attached hydrogen (secondary N) is 2. The standard InChI is InChI=1S/C8H14N4O/c1-4(9)7(5(2)10)12-6(3)8(11)13/h6,9-10H,1-3H3,(H2,11,13). The number of aliphatic imine (C=N–C) groups is 1. The molecule has 1 atom stereocenters. The third-order valence-electron chi connectivity index (χ3n) is 1.44. The molecule has 0 aromatic carbocycles. The Morgan fingerprint density at radius 1 is 1.31 bits per heavy atom. The third kappa shape index (κ3) is 3.59. The number of hydrogen-bond donors (Lipinski definition) is 3. The van der Waals surface area contributed by atoms with E-state index < -0.39 is 11.9 Å². The summed E-state index contributed by atoms with van der Waals surface area (Å²) in [5.74, 6) is -0.556. The molecule has 0 aliphatic rings. The lowest BCUT2D eigenvalue weighted by atomic mass is 10.1. The maximum absolute atomic E-state index is 10.7. The van der Waals surface area contributed by atoms with Gasteiger partial charge in [0.05, 0.1) is 17.1 Å². The minimum atomic E-state index is -0.685. The second-order valence-corrected chi connectivity index (χ2v) is 2.81. The molecule has 0 spiro atoms. The summed E-state index contributed by atoms with van der Waals surface area (Å²) in [5.41, 5.74) is 5.56. The van der Waals surface area contributed by atoms with Crippen molar-refractivity contribution in [3.8, 4) is 0 Å². The average Bonchev–Trinajstić information content (AvgIpc) is 1.97. The highest BCUT2D eigenvalue weighted by Crippen LogP contribution is 1.93. The number of nitrogens with zero attached hydrogens (tertiary/aromatic N) is 1. The molecule has 0 fully saturated rings. The zero-order chi connectivity index (χ0) is 10.6. The maximum atomic E-state index is 10.7. The maximum Gasteiger partial charge on any atom is 0.241 e. The zero-order valence-corrected chi connectivity index (χ0v) is 8.01. The van der Waals surface area contributed by atoms with Gasteiger partial charge in [0.25, 0.3) is 0 Å². The largest absolute Gasteiger partial charge is 0.368 e. The van der Waals surface area contributed by atoms with Crippen LogP contribution >= 0.6 is 0 Å². The molecule has 13 heavy (non-hydrogen) atoms. The van der Waals surface area contributed by atoms with Crippen molar-refractivity contribution in [2.45, 2.75) is 26.8 Å². The summed E-state index contributed by atoms with van der Waals surface area (Å²) in [6, 6.07) is -0.685. The zero-order valence-electron chi connectivity index (χ0n) is 8.01. The van der Waals surface area contributed by atoms with Crippen LogP contribution in [0.3, 0.4) is 0 Å². The highest BCUT2D eigenvalue weighted by molar-refractivity contribution is 6.66. The lowest BCUT2D eigenvalue weighted by Crippen LogP contribution is -2.28. The van der Waals surface area contributed by atoms with E-state index in [2.05, 4.69) is 4.99 Å². The fourth-order valence-electron chi connectivity index (χ4n) is 0.732. The quantitative estimate of drug-likeness (QED) is 0.537. The van der Waals surface area contributed by atoms with Crippen LogP contribution in [0.5, 0.6) is 0 Å². The van der Waals surface area contributed by atoms with Gasteiger partial charge in [-0.2, -0.15) is 0 Å². The van der Waals surface area contributed by atoms with Crippen molar-refractivity contribution in [1.82, 2.24) is 0 Å². The summed E-state index contributed by atoms with van der Waals surface area (Å²) >= 11 is 0. The molecule has 0 aliphatic carbocycles. The summed E-state index contributed by atoms with van der Waals surface area (Å²) in [4.78, 5) is 14.5. The Bertz CT molecular complexity index is 264. The molecule has 0 heterocycles. The normalized spacial score (nSPS) is 11.6. The van der Waals surface area contributed by atoms with Gasteiger partial charge >= 0.3 is 0 Å². The molecule has 0 aromatic rings. The van der Waals surface area contributed by atoms with Crippen molar-refractivity contribution < 1.29 is 4.79 Å². The second-order valence-electron chi connectivity index (χ2n) is 2.81. The van der Waals surface area contributed by atoms with E-state index in [1.54, 1.807) is 0 Å². The molecule has 5 heteroatoms. The topological polar surface area (TPSA) is 103 Å². The summed E-state index contributed by atoms with van der Waals surface area (Å²) in [6.45, 7) is 4.57. The Balaban J connectivity index is 4.84. The fourth-order valence-corrected chi connectivity index (χ4v) is 0.732. The van der Waals surface area contributed by atoms with E-state index in [0.29, 0.717) is 0 Å². The van der Waals surface area contributed by atoms with E-state index >= 15 is 0 Å².